The van der Waals surface area contributed by atoms with E-state index < -0.39 is 16.1 Å². The van der Waals surface area contributed by atoms with Crippen LogP contribution in [0.3, 0.4) is 0 Å². The Kier molecular flexibility index (Phi) is 6.26. The molecule has 6 nitrogen and oxygen atoms in total. The van der Waals surface area contributed by atoms with Crippen molar-refractivity contribution in [3.63, 3.8) is 0 Å². The summed E-state index contributed by atoms with van der Waals surface area (Å²) in [6, 6.07) is 13.5. The first-order valence-electron chi connectivity index (χ1n) is 8.19. The van der Waals surface area contributed by atoms with Crippen molar-refractivity contribution in [2.24, 2.45) is 0 Å². The molecule has 2 aromatic rings. The Morgan fingerprint density at radius 1 is 1.19 bits per heavy atom. The summed E-state index contributed by atoms with van der Waals surface area (Å²) in [5.41, 5.74) is 2.20. The zero-order chi connectivity index (χ0) is 19.3. The SMILES string of the molecule is COc1ccccc1CNC(=O)C(C)N(c1cccc(C)c1)S(C)(=O)=O. The third kappa shape index (κ3) is 4.76. The molecule has 26 heavy (non-hydrogen) atoms. The van der Waals surface area contributed by atoms with Gasteiger partial charge >= 0.3 is 0 Å². The first-order chi connectivity index (χ1) is 12.2. The highest BCUT2D eigenvalue weighted by atomic mass is 32.2. The van der Waals surface area contributed by atoms with Crippen molar-refractivity contribution in [2.75, 3.05) is 17.7 Å². The molecule has 1 unspecified atom stereocenters. The number of hydrogen-bond acceptors (Lipinski definition) is 4. The Labute approximate surface area is 154 Å². The fourth-order valence-electron chi connectivity index (χ4n) is 2.75. The molecule has 0 saturated heterocycles. The van der Waals surface area contributed by atoms with Crippen LogP contribution in [0.4, 0.5) is 5.69 Å². The minimum atomic E-state index is -3.63. The van der Waals surface area contributed by atoms with Gasteiger partial charge in [0.1, 0.15) is 11.8 Å². The Morgan fingerprint density at radius 2 is 1.88 bits per heavy atom. The molecule has 2 aromatic carbocycles. The van der Waals surface area contributed by atoms with Gasteiger partial charge in [0.25, 0.3) is 0 Å². The van der Waals surface area contributed by atoms with Crippen molar-refractivity contribution >= 4 is 21.6 Å². The van der Waals surface area contributed by atoms with Crippen LogP contribution in [-0.4, -0.2) is 33.7 Å². The highest BCUT2D eigenvalue weighted by Gasteiger charge is 2.29. The molecule has 0 fully saturated rings. The van der Waals surface area contributed by atoms with Gasteiger partial charge in [0.2, 0.25) is 15.9 Å². The van der Waals surface area contributed by atoms with Gasteiger partial charge in [-0.1, -0.05) is 30.3 Å². The zero-order valence-electron chi connectivity index (χ0n) is 15.4. The standard InChI is InChI=1S/C19H24N2O4S/c1-14-8-7-10-17(12-14)21(26(4,23)24)15(2)19(22)20-13-16-9-5-6-11-18(16)25-3/h5-12,15H,13H2,1-4H3,(H,20,22). The monoisotopic (exact) mass is 376 g/mol. The van der Waals surface area contributed by atoms with E-state index in [9.17, 15) is 13.2 Å². The minimum Gasteiger partial charge on any atom is -0.496 e. The van der Waals surface area contributed by atoms with Crippen LogP contribution in [0.2, 0.25) is 0 Å². The molecule has 140 valence electrons. The van der Waals surface area contributed by atoms with Crippen molar-refractivity contribution in [1.82, 2.24) is 5.32 Å². The zero-order valence-corrected chi connectivity index (χ0v) is 16.2. The maximum Gasteiger partial charge on any atom is 0.243 e. The summed E-state index contributed by atoms with van der Waals surface area (Å²) in [5, 5.41) is 2.79. The summed E-state index contributed by atoms with van der Waals surface area (Å²) in [5.74, 6) is 0.280. The van der Waals surface area contributed by atoms with Crippen molar-refractivity contribution < 1.29 is 17.9 Å². The van der Waals surface area contributed by atoms with Crippen molar-refractivity contribution in [3.05, 3.63) is 59.7 Å². The number of nitrogens with zero attached hydrogens (tertiary/aromatic N) is 1. The van der Waals surface area contributed by atoms with Crippen LogP contribution in [0.25, 0.3) is 0 Å². The lowest BCUT2D eigenvalue weighted by molar-refractivity contribution is -0.122. The molecule has 0 radical (unpaired) electrons. The maximum atomic E-state index is 12.6. The number of benzene rings is 2. The molecule has 1 atom stereocenters. The molecule has 1 amide bonds. The van der Waals surface area contributed by atoms with E-state index in [0.29, 0.717) is 11.4 Å². The van der Waals surface area contributed by atoms with Gasteiger partial charge in [0.05, 0.1) is 19.1 Å². The van der Waals surface area contributed by atoms with E-state index in [4.69, 9.17) is 4.74 Å². The number of methoxy groups -OCH3 is 1. The fraction of sp³-hybridized carbons (Fsp3) is 0.316. The Bertz CT molecular complexity index is 881. The van der Waals surface area contributed by atoms with Gasteiger partial charge in [0, 0.05) is 12.1 Å². The van der Waals surface area contributed by atoms with Gasteiger partial charge in [-0.25, -0.2) is 8.42 Å². The molecule has 0 aliphatic heterocycles. The molecule has 0 bridgehead atoms. The van der Waals surface area contributed by atoms with Crippen LogP contribution in [0.15, 0.2) is 48.5 Å². The topological polar surface area (TPSA) is 75.7 Å². The fourth-order valence-corrected chi connectivity index (χ4v) is 3.92. The van der Waals surface area contributed by atoms with Gasteiger partial charge in [0.15, 0.2) is 0 Å². The predicted molar refractivity (Wildman–Crippen MR) is 103 cm³/mol. The summed E-state index contributed by atoms with van der Waals surface area (Å²) in [7, 11) is -2.07. The lowest BCUT2D eigenvalue weighted by Gasteiger charge is -2.28. The number of carbonyl (C=O) groups is 1. The van der Waals surface area contributed by atoms with Crippen molar-refractivity contribution in [3.8, 4) is 5.75 Å². The number of rotatable bonds is 7. The molecular weight excluding hydrogens is 352 g/mol. The van der Waals surface area contributed by atoms with E-state index in [1.54, 1.807) is 38.3 Å². The molecular formula is C19H24N2O4S. The van der Waals surface area contributed by atoms with Crippen LogP contribution < -0.4 is 14.4 Å². The normalized spacial score (nSPS) is 12.3. The number of carbonyl (C=O) groups excluding carboxylic acids is 1. The van der Waals surface area contributed by atoms with Gasteiger partial charge in [-0.05, 0) is 37.6 Å². The van der Waals surface area contributed by atoms with Crippen LogP contribution >= 0.6 is 0 Å². The maximum absolute atomic E-state index is 12.6. The van der Waals surface area contributed by atoms with Gasteiger partial charge in [-0.3, -0.25) is 9.10 Å². The van der Waals surface area contributed by atoms with E-state index in [1.165, 1.54) is 0 Å². The van der Waals surface area contributed by atoms with E-state index in [0.717, 1.165) is 21.7 Å². The summed E-state index contributed by atoms with van der Waals surface area (Å²) < 4.78 is 31.0. The third-order valence-corrected chi connectivity index (χ3v) is 5.23. The van der Waals surface area contributed by atoms with Crippen molar-refractivity contribution in [2.45, 2.75) is 26.4 Å². The van der Waals surface area contributed by atoms with Crippen LogP contribution in [0.5, 0.6) is 5.75 Å². The van der Waals surface area contributed by atoms with E-state index in [-0.39, 0.29) is 12.5 Å². The average Bonchev–Trinajstić information content (AvgIpc) is 2.58. The number of sulfonamides is 1. The number of nitrogens with one attached hydrogen (secondary N) is 1. The number of ether oxygens (including phenoxy) is 1. The number of hydrogen-bond donors (Lipinski definition) is 1. The van der Waals surface area contributed by atoms with Gasteiger partial charge < -0.3 is 10.1 Å². The Morgan fingerprint density at radius 3 is 2.50 bits per heavy atom. The molecule has 0 aliphatic rings. The lowest BCUT2D eigenvalue weighted by atomic mass is 10.2. The number of para-hydroxylation sites is 1. The number of anilines is 1. The lowest BCUT2D eigenvalue weighted by Crippen LogP contribution is -2.47. The highest BCUT2D eigenvalue weighted by molar-refractivity contribution is 7.92. The first-order valence-corrected chi connectivity index (χ1v) is 10.0. The minimum absolute atomic E-state index is 0.249. The summed E-state index contributed by atoms with van der Waals surface area (Å²) >= 11 is 0. The van der Waals surface area contributed by atoms with E-state index in [2.05, 4.69) is 5.32 Å². The largest absolute Gasteiger partial charge is 0.496 e. The molecule has 0 saturated carbocycles. The van der Waals surface area contributed by atoms with Crippen LogP contribution in [0, 0.1) is 6.92 Å². The van der Waals surface area contributed by atoms with E-state index >= 15 is 0 Å². The smallest absolute Gasteiger partial charge is 0.243 e. The summed E-state index contributed by atoms with van der Waals surface area (Å²) in [4.78, 5) is 12.6. The average molecular weight is 376 g/mol. The highest BCUT2D eigenvalue weighted by Crippen LogP contribution is 2.22. The molecule has 0 aromatic heterocycles. The molecule has 7 heteroatoms. The van der Waals surface area contributed by atoms with E-state index in [1.807, 2.05) is 31.2 Å². The van der Waals surface area contributed by atoms with Crippen LogP contribution in [0.1, 0.15) is 18.1 Å². The molecule has 0 spiro atoms. The second-order valence-electron chi connectivity index (χ2n) is 6.10. The van der Waals surface area contributed by atoms with Crippen molar-refractivity contribution in [1.29, 1.82) is 0 Å². The summed E-state index contributed by atoms with van der Waals surface area (Å²) in [6.07, 6.45) is 1.10. The molecule has 2 rings (SSSR count). The summed E-state index contributed by atoms with van der Waals surface area (Å²) in [6.45, 7) is 3.69. The van der Waals surface area contributed by atoms with Gasteiger partial charge in [-0.2, -0.15) is 0 Å². The number of aryl methyl sites for hydroxylation is 1. The second kappa shape index (κ2) is 8.23. The van der Waals surface area contributed by atoms with Crippen LogP contribution in [-0.2, 0) is 21.4 Å². The third-order valence-electron chi connectivity index (χ3n) is 3.99. The molecule has 0 heterocycles. The molecule has 0 aliphatic carbocycles. The predicted octanol–water partition coefficient (Wildman–Crippen LogP) is 2.47. The number of amides is 1. The Balaban J connectivity index is 2.20. The Hall–Kier alpha value is -2.54. The molecule has 1 N–H and O–H groups in total. The second-order valence-corrected chi connectivity index (χ2v) is 7.96. The first kappa shape index (κ1) is 19.8. The van der Waals surface area contributed by atoms with Gasteiger partial charge in [-0.15, -0.1) is 0 Å². The quantitative estimate of drug-likeness (QED) is 0.805.